The van der Waals surface area contributed by atoms with Gasteiger partial charge in [-0.05, 0) is 50.7 Å². The molecule has 1 unspecified atom stereocenters. The Balaban J connectivity index is 1.70. The largest absolute Gasteiger partial charge is 0.469 e. The standard InChI is InChI=1S/C19H31NO3/c1-3-4-6-15-8-10-16(11-9-15)18(21)20-14-19(2,22)13-17-7-5-12-23-17/h5,7,12,15-16,22H,3-4,6,8-11,13-14H2,1-2H3,(H,20,21). The van der Waals surface area contributed by atoms with Gasteiger partial charge in [-0.25, -0.2) is 0 Å². The molecule has 1 aliphatic rings. The van der Waals surface area contributed by atoms with E-state index in [-0.39, 0.29) is 18.4 Å². The molecule has 0 saturated heterocycles. The van der Waals surface area contributed by atoms with E-state index in [1.165, 1.54) is 32.1 Å². The van der Waals surface area contributed by atoms with Crippen molar-refractivity contribution < 1.29 is 14.3 Å². The molecule has 0 aromatic carbocycles. The van der Waals surface area contributed by atoms with Gasteiger partial charge in [0.05, 0.1) is 11.9 Å². The number of carbonyl (C=O) groups is 1. The van der Waals surface area contributed by atoms with E-state index >= 15 is 0 Å². The summed E-state index contributed by atoms with van der Waals surface area (Å²) in [6.45, 7) is 4.23. The number of furan rings is 1. The van der Waals surface area contributed by atoms with Crippen molar-refractivity contribution in [3.05, 3.63) is 24.2 Å². The molecule has 130 valence electrons. The maximum Gasteiger partial charge on any atom is 0.223 e. The van der Waals surface area contributed by atoms with Gasteiger partial charge in [-0.2, -0.15) is 0 Å². The molecular weight excluding hydrogens is 290 g/mol. The summed E-state index contributed by atoms with van der Waals surface area (Å²) in [6.07, 6.45) is 10.2. The van der Waals surface area contributed by atoms with Gasteiger partial charge in [0.25, 0.3) is 0 Å². The molecule has 0 spiro atoms. The lowest BCUT2D eigenvalue weighted by atomic mass is 9.79. The third-order valence-electron chi connectivity index (χ3n) is 4.96. The number of carbonyl (C=O) groups excluding carboxylic acids is 1. The SMILES string of the molecule is CCCCC1CCC(C(=O)NCC(C)(O)Cc2ccco2)CC1. The Morgan fingerprint density at radius 2 is 2.13 bits per heavy atom. The average molecular weight is 321 g/mol. The maximum absolute atomic E-state index is 12.3. The highest BCUT2D eigenvalue weighted by atomic mass is 16.3. The van der Waals surface area contributed by atoms with Gasteiger partial charge in [-0.3, -0.25) is 4.79 Å². The van der Waals surface area contributed by atoms with Crippen molar-refractivity contribution in [3.8, 4) is 0 Å². The van der Waals surface area contributed by atoms with Crippen molar-refractivity contribution in [2.24, 2.45) is 11.8 Å². The van der Waals surface area contributed by atoms with E-state index in [2.05, 4.69) is 12.2 Å². The van der Waals surface area contributed by atoms with Crippen LogP contribution in [-0.2, 0) is 11.2 Å². The van der Waals surface area contributed by atoms with Crippen LogP contribution in [0.2, 0.25) is 0 Å². The second kappa shape index (κ2) is 8.53. The number of hydrogen-bond donors (Lipinski definition) is 2. The minimum Gasteiger partial charge on any atom is -0.469 e. The fourth-order valence-corrected chi connectivity index (χ4v) is 3.48. The van der Waals surface area contributed by atoms with Crippen LogP contribution in [0.4, 0.5) is 0 Å². The number of rotatable bonds is 8. The minimum atomic E-state index is -0.980. The molecule has 1 amide bonds. The Bertz CT molecular complexity index is 459. The van der Waals surface area contributed by atoms with Gasteiger partial charge in [-0.15, -0.1) is 0 Å². The maximum atomic E-state index is 12.3. The van der Waals surface area contributed by atoms with E-state index in [9.17, 15) is 9.90 Å². The van der Waals surface area contributed by atoms with Crippen LogP contribution >= 0.6 is 0 Å². The van der Waals surface area contributed by atoms with E-state index in [4.69, 9.17) is 4.42 Å². The molecule has 23 heavy (non-hydrogen) atoms. The van der Waals surface area contributed by atoms with Crippen molar-refractivity contribution in [2.45, 2.75) is 70.8 Å². The molecule has 1 fully saturated rings. The first-order chi connectivity index (χ1) is 11.0. The van der Waals surface area contributed by atoms with Gasteiger partial charge < -0.3 is 14.8 Å². The number of hydrogen-bond acceptors (Lipinski definition) is 3. The number of aliphatic hydroxyl groups is 1. The van der Waals surface area contributed by atoms with Gasteiger partial charge in [0, 0.05) is 18.9 Å². The Morgan fingerprint density at radius 1 is 1.39 bits per heavy atom. The summed E-state index contributed by atoms with van der Waals surface area (Å²) in [5.74, 6) is 1.76. The van der Waals surface area contributed by atoms with E-state index in [0.717, 1.165) is 24.5 Å². The van der Waals surface area contributed by atoms with Gasteiger partial charge in [0.2, 0.25) is 5.91 Å². The predicted octanol–water partition coefficient (Wildman–Crippen LogP) is 3.69. The Kier molecular flexibility index (Phi) is 6.70. The zero-order valence-electron chi connectivity index (χ0n) is 14.5. The molecule has 0 bridgehead atoms. The number of amides is 1. The lowest BCUT2D eigenvalue weighted by Gasteiger charge is -2.29. The zero-order chi connectivity index (χ0) is 16.7. The van der Waals surface area contributed by atoms with Gasteiger partial charge in [0.15, 0.2) is 0 Å². The molecule has 2 N–H and O–H groups in total. The first-order valence-corrected chi connectivity index (χ1v) is 9.02. The molecule has 1 saturated carbocycles. The first-order valence-electron chi connectivity index (χ1n) is 9.02. The summed E-state index contributed by atoms with van der Waals surface area (Å²) in [6, 6.07) is 3.65. The van der Waals surface area contributed by atoms with E-state index in [0.29, 0.717) is 6.42 Å². The Morgan fingerprint density at radius 3 is 2.74 bits per heavy atom. The molecule has 4 nitrogen and oxygen atoms in total. The normalized spacial score (nSPS) is 24.1. The van der Waals surface area contributed by atoms with Crippen molar-refractivity contribution >= 4 is 5.91 Å². The van der Waals surface area contributed by atoms with Crippen LogP contribution in [0.15, 0.2) is 22.8 Å². The Hall–Kier alpha value is -1.29. The summed E-state index contributed by atoms with van der Waals surface area (Å²) >= 11 is 0. The molecular formula is C19H31NO3. The van der Waals surface area contributed by atoms with Crippen LogP contribution < -0.4 is 5.32 Å². The highest BCUT2D eigenvalue weighted by Gasteiger charge is 2.28. The molecule has 1 heterocycles. The first kappa shape index (κ1) is 18.1. The molecule has 1 aromatic heterocycles. The lowest BCUT2D eigenvalue weighted by molar-refractivity contribution is -0.127. The van der Waals surface area contributed by atoms with E-state index in [1.54, 1.807) is 19.3 Å². The topological polar surface area (TPSA) is 62.5 Å². The molecule has 0 aliphatic heterocycles. The van der Waals surface area contributed by atoms with Gasteiger partial charge >= 0.3 is 0 Å². The molecule has 2 rings (SSSR count). The fraction of sp³-hybridized carbons (Fsp3) is 0.737. The van der Waals surface area contributed by atoms with E-state index in [1.807, 2.05) is 6.07 Å². The quantitative estimate of drug-likeness (QED) is 0.767. The van der Waals surface area contributed by atoms with Gasteiger partial charge in [-0.1, -0.05) is 26.2 Å². The number of unbranched alkanes of at least 4 members (excludes halogenated alkanes) is 1. The summed E-state index contributed by atoms with van der Waals surface area (Å²) < 4.78 is 5.26. The van der Waals surface area contributed by atoms with Crippen molar-refractivity contribution in [3.63, 3.8) is 0 Å². The van der Waals surface area contributed by atoms with Crippen molar-refractivity contribution in [1.82, 2.24) is 5.32 Å². The highest BCUT2D eigenvalue weighted by Crippen LogP contribution is 2.32. The monoisotopic (exact) mass is 321 g/mol. The van der Waals surface area contributed by atoms with E-state index < -0.39 is 5.60 Å². The zero-order valence-corrected chi connectivity index (χ0v) is 14.5. The van der Waals surface area contributed by atoms with Crippen LogP contribution in [-0.4, -0.2) is 23.2 Å². The second-order valence-electron chi connectivity index (χ2n) is 7.33. The molecule has 1 aromatic rings. The third kappa shape index (κ3) is 6.02. The van der Waals surface area contributed by atoms with Gasteiger partial charge in [0.1, 0.15) is 5.76 Å². The van der Waals surface area contributed by atoms with Crippen molar-refractivity contribution in [1.29, 1.82) is 0 Å². The molecule has 1 atom stereocenters. The third-order valence-corrected chi connectivity index (χ3v) is 4.96. The van der Waals surface area contributed by atoms with Crippen molar-refractivity contribution in [2.75, 3.05) is 6.54 Å². The summed E-state index contributed by atoms with van der Waals surface area (Å²) in [4.78, 5) is 12.3. The Labute approximate surface area is 139 Å². The predicted molar refractivity (Wildman–Crippen MR) is 91.0 cm³/mol. The lowest BCUT2D eigenvalue weighted by Crippen LogP contribution is -2.44. The summed E-state index contributed by atoms with van der Waals surface area (Å²) in [7, 11) is 0. The number of nitrogens with one attached hydrogen (secondary N) is 1. The summed E-state index contributed by atoms with van der Waals surface area (Å²) in [5, 5.41) is 13.3. The van der Waals surface area contributed by atoms with Crippen LogP contribution in [0.5, 0.6) is 0 Å². The fourth-order valence-electron chi connectivity index (χ4n) is 3.48. The smallest absolute Gasteiger partial charge is 0.223 e. The van der Waals surface area contributed by atoms with Crippen LogP contribution in [0.1, 0.15) is 64.6 Å². The second-order valence-corrected chi connectivity index (χ2v) is 7.33. The van der Waals surface area contributed by atoms with Crippen LogP contribution in [0.3, 0.4) is 0 Å². The van der Waals surface area contributed by atoms with Crippen LogP contribution in [0, 0.1) is 11.8 Å². The molecule has 4 heteroatoms. The molecule has 1 aliphatic carbocycles. The highest BCUT2D eigenvalue weighted by molar-refractivity contribution is 5.78. The average Bonchev–Trinajstić information content (AvgIpc) is 3.03. The van der Waals surface area contributed by atoms with Crippen LogP contribution in [0.25, 0.3) is 0 Å². The minimum absolute atomic E-state index is 0.0960. The summed E-state index contributed by atoms with van der Waals surface area (Å²) in [5.41, 5.74) is -0.980. The molecule has 0 radical (unpaired) electrons.